The molecule has 1 aromatic rings. The number of piperidine rings is 1. The second-order valence-corrected chi connectivity index (χ2v) is 6.45. The van der Waals surface area contributed by atoms with E-state index in [1.54, 1.807) is 5.70 Å². The molecule has 3 rings (SSSR count). The third kappa shape index (κ3) is 3.17. The molecular weight excluding hydrogens is 286 g/mol. The molecule has 1 aliphatic heterocycles. The number of hydrogen-bond acceptors (Lipinski definition) is 1. The molecule has 0 unspecified atom stereocenters. The number of benzene rings is 1. The van der Waals surface area contributed by atoms with Crippen LogP contribution in [0, 0.1) is 5.92 Å². The number of hydrogen-bond donors (Lipinski definition) is 0. The minimum atomic E-state index is 0.983. The van der Waals surface area contributed by atoms with E-state index in [9.17, 15) is 0 Å². The zero-order valence-corrected chi connectivity index (χ0v) is 12.3. The van der Waals surface area contributed by atoms with Gasteiger partial charge in [0.2, 0.25) is 0 Å². The van der Waals surface area contributed by atoms with Crippen molar-refractivity contribution in [3.8, 4) is 0 Å². The van der Waals surface area contributed by atoms with Gasteiger partial charge in [0.05, 0.1) is 0 Å². The first-order valence-corrected chi connectivity index (χ1v) is 7.82. The molecule has 0 radical (unpaired) electrons. The van der Waals surface area contributed by atoms with Crippen molar-refractivity contribution in [2.75, 3.05) is 13.1 Å². The van der Waals surface area contributed by atoms with Crippen molar-refractivity contribution < 1.29 is 0 Å². The molecule has 0 bridgehead atoms. The van der Waals surface area contributed by atoms with Crippen LogP contribution in [-0.2, 0) is 0 Å². The van der Waals surface area contributed by atoms with E-state index in [2.05, 4.69) is 51.2 Å². The van der Waals surface area contributed by atoms with Gasteiger partial charge in [-0.2, -0.15) is 0 Å². The Hall–Kier alpha value is -0.760. The van der Waals surface area contributed by atoms with Gasteiger partial charge < -0.3 is 4.90 Å². The summed E-state index contributed by atoms with van der Waals surface area (Å²) in [6.07, 6.45) is 9.24. The summed E-state index contributed by atoms with van der Waals surface area (Å²) < 4.78 is 1.16. The minimum absolute atomic E-state index is 0.983. The number of rotatable bonds is 3. The van der Waals surface area contributed by atoms with E-state index in [4.69, 9.17) is 0 Å². The Balaban J connectivity index is 1.75. The third-order valence-corrected chi connectivity index (χ3v) is 4.42. The van der Waals surface area contributed by atoms with E-state index in [1.807, 2.05) is 0 Å². The predicted octanol–water partition coefficient (Wildman–Crippen LogP) is 4.69. The largest absolute Gasteiger partial charge is 0.375 e. The number of nitrogens with zero attached hydrogens (tertiary/aromatic N) is 1. The molecule has 1 nitrogen and oxygen atoms in total. The van der Waals surface area contributed by atoms with Crippen LogP contribution in [0.3, 0.4) is 0 Å². The summed E-state index contributed by atoms with van der Waals surface area (Å²) in [5.74, 6) is 0.983. The van der Waals surface area contributed by atoms with Gasteiger partial charge in [-0.3, -0.25) is 0 Å². The van der Waals surface area contributed by atoms with Crippen LogP contribution in [-0.4, -0.2) is 18.0 Å². The van der Waals surface area contributed by atoms with Crippen molar-refractivity contribution in [2.45, 2.75) is 32.1 Å². The van der Waals surface area contributed by atoms with Crippen LogP contribution in [0.15, 0.2) is 34.4 Å². The predicted molar refractivity (Wildman–Crippen MR) is 80.3 cm³/mol. The molecule has 1 heterocycles. The van der Waals surface area contributed by atoms with Crippen LogP contribution in [0.5, 0.6) is 0 Å². The summed E-state index contributed by atoms with van der Waals surface area (Å²) in [5, 5.41) is 0. The molecule has 0 aromatic heterocycles. The van der Waals surface area contributed by atoms with Crippen molar-refractivity contribution >= 4 is 22.0 Å². The molecule has 96 valence electrons. The van der Waals surface area contributed by atoms with Gasteiger partial charge in [-0.1, -0.05) is 28.1 Å². The van der Waals surface area contributed by atoms with Crippen LogP contribution >= 0.6 is 15.9 Å². The van der Waals surface area contributed by atoms with Gasteiger partial charge in [0.15, 0.2) is 0 Å². The van der Waals surface area contributed by atoms with Gasteiger partial charge in [0.1, 0.15) is 0 Å². The van der Waals surface area contributed by atoms with Crippen molar-refractivity contribution in [3.05, 3.63) is 40.0 Å². The molecule has 1 aromatic carbocycles. The lowest BCUT2D eigenvalue weighted by molar-refractivity contribution is 0.283. The highest BCUT2D eigenvalue weighted by molar-refractivity contribution is 9.10. The lowest BCUT2D eigenvalue weighted by Crippen LogP contribution is -2.29. The quantitative estimate of drug-likeness (QED) is 0.783. The average Bonchev–Trinajstić information content (AvgIpc) is 3.18. The lowest BCUT2D eigenvalue weighted by Gasteiger charge is -2.32. The van der Waals surface area contributed by atoms with Crippen LogP contribution in [0.4, 0.5) is 0 Å². The first-order valence-electron chi connectivity index (χ1n) is 7.02. The first kappa shape index (κ1) is 12.3. The molecule has 0 amide bonds. The van der Waals surface area contributed by atoms with Gasteiger partial charge in [0, 0.05) is 23.3 Å². The summed E-state index contributed by atoms with van der Waals surface area (Å²) in [6, 6.07) is 8.64. The second-order valence-electron chi connectivity index (χ2n) is 5.53. The fourth-order valence-corrected chi connectivity index (χ4v) is 2.91. The molecule has 1 aliphatic carbocycles. The zero-order valence-electron chi connectivity index (χ0n) is 10.7. The summed E-state index contributed by atoms with van der Waals surface area (Å²) >= 11 is 3.49. The van der Waals surface area contributed by atoms with Gasteiger partial charge in [-0.05, 0) is 61.8 Å². The molecule has 1 saturated carbocycles. The van der Waals surface area contributed by atoms with Crippen molar-refractivity contribution in [1.29, 1.82) is 0 Å². The van der Waals surface area contributed by atoms with Crippen molar-refractivity contribution in [1.82, 2.24) is 4.90 Å². The maximum absolute atomic E-state index is 3.49. The maximum atomic E-state index is 3.49. The molecule has 2 heteroatoms. The third-order valence-electron chi connectivity index (χ3n) is 3.90. The Bertz CT molecular complexity index is 431. The van der Waals surface area contributed by atoms with E-state index in [1.165, 1.54) is 50.8 Å². The topological polar surface area (TPSA) is 3.24 Å². The fourth-order valence-electron chi connectivity index (χ4n) is 2.65. The summed E-state index contributed by atoms with van der Waals surface area (Å²) in [6.45, 7) is 2.56. The Morgan fingerprint density at radius 2 is 1.94 bits per heavy atom. The summed E-state index contributed by atoms with van der Waals surface area (Å²) in [5.41, 5.74) is 2.88. The molecule has 18 heavy (non-hydrogen) atoms. The molecular formula is C16H20BrN. The normalized spacial score (nSPS) is 22.5. The highest BCUT2D eigenvalue weighted by atomic mass is 79.9. The van der Waals surface area contributed by atoms with Crippen molar-refractivity contribution in [3.63, 3.8) is 0 Å². The Morgan fingerprint density at radius 1 is 1.17 bits per heavy atom. The zero-order chi connectivity index (χ0) is 12.4. The van der Waals surface area contributed by atoms with E-state index in [0.29, 0.717) is 0 Å². The molecule has 0 atom stereocenters. The van der Waals surface area contributed by atoms with Crippen LogP contribution < -0.4 is 0 Å². The van der Waals surface area contributed by atoms with Gasteiger partial charge in [0.25, 0.3) is 0 Å². The summed E-state index contributed by atoms with van der Waals surface area (Å²) in [4.78, 5) is 2.63. The number of likely N-dealkylation sites (tertiary alicyclic amines) is 1. The minimum Gasteiger partial charge on any atom is -0.375 e. The fraction of sp³-hybridized carbons (Fsp3) is 0.500. The highest BCUT2D eigenvalue weighted by Crippen LogP contribution is 2.33. The van der Waals surface area contributed by atoms with Crippen molar-refractivity contribution in [2.24, 2.45) is 5.92 Å². The van der Waals surface area contributed by atoms with Gasteiger partial charge >= 0.3 is 0 Å². The van der Waals surface area contributed by atoms with E-state index >= 15 is 0 Å². The Morgan fingerprint density at radius 3 is 2.67 bits per heavy atom. The number of halogens is 1. The lowest BCUT2D eigenvalue weighted by atomic mass is 10.0. The second kappa shape index (κ2) is 5.48. The molecule has 1 saturated heterocycles. The Labute approximate surface area is 118 Å². The standard InChI is InChI=1S/C16H20BrN/c17-15-8-6-13(7-9-15)11-16-3-1-2-10-18(16)12-14-4-5-14/h6-9,11,14H,1-5,10,12H2. The first-order chi connectivity index (χ1) is 8.81. The summed E-state index contributed by atoms with van der Waals surface area (Å²) in [7, 11) is 0. The molecule has 0 N–H and O–H groups in total. The average molecular weight is 306 g/mol. The molecule has 2 aliphatic rings. The van der Waals surface area contributed by atoms with Crippen LogP contribution in [0.1, 0.15) is 37.7 Å². The molecule has 2 fully saturated rings. The van der Waals surface area contributed by atoms with Gasteiger partial charge in [-0.15, -0.1) is 0 Å². The Kier molecular flexibility index (Phi) is 3.74. The van der Waals surface area contributed by atoms with Crippen LogP contribution in [0.2, 0.25) is 0 Å². The van der Waals surface area contributed by atoms with E-state index < -0.39 is 0 Å². The monoisotopic (exact) mass is 305 g/mol. The molecule has 0 spiro atoms. The van der Waals surface area contributed by atoms with Gasteiger partial charge in [-0.25, -0.2) is 0 Å². The maximum Gasteiger partial charge on any atom is 0.0203 e. The smallest absolute Gasteiger partial charge is 0.0203 e. The number of allylic oxidation sites excluding steroid dienone is 1. The van der Waals surface area contributed by atoms with Crippen LogP contribution in [0.25, 0.3) is 6.08 Å². The van der Waals surface area contributed by atoms with E-state index in [0.717, 1.165) is 10.4 Å². The SMILES string of the molecule is Brc1ccc(C=C2CCCCN2CC2CC2)cc1. The van der Waals surface area contributed by atoms with E-state index in [-0.39, 0.29) is 0 Å². The highest BCUT2D eigenvalue weighted by Gasteiger charge is 2.26.